The number of aromatic nitrogens is 1. The quantitative estimate of drug-likeness (QED) is 0.644. The van der Waals surface area contributed by atoms with Crippen molar-refractivity contribution in [3.63, 3.8) is 0 Å². The summed E-state index contributed by atoms with van der Waals surface area (Å²) >= 11 is 1.57. The van der Waals surface area contributed by atoms with Crippen LogP contribution in [0.25, 0.3) is 15.8 Å². The molecule has 120 valence electrons. The molecular formula is C19H14FNO2S. The van der Waals surface area contributed by atoms with Gasteiger partial charge >= 0.3 is 0 Å². The predicted octanol–water partition coefficient (Wildman–Crippen LogP) is 5.36. The van der Waals surface area contributed by atoms with E-state index < -0.39 is 5.82 Å². The Balaban J connectivity index is 1.73. The average Bonchev–Trinajstić information content (AvgIpc) is 3.03. The van der Waals surface area contributed by atoms with Crippen LogP contribution in [0.2, 0.25) is 0 Å². The highest BCUT2D eigenvalue weighted by atomic mass is 32.1. The molecule has 0 saturated heterocycles. The third kappa shape index (κ3) is 2.83. The Kier molecular flexibility index (Phi) is 3.86. The third-order valence-electron chi connectivity index (χ3n) is 4.00. The van der Waals surface area contributed by atoms with Crippen molar-refractivity contribution in [1.82, 2.24) is 4.98 Å². The van der Waals surface area contributed by atoms with Crippen molar-refractivity contribution in [3.05, 3.63) is 59.4 Å². The number of carbonyl (C=O) groups excluding carboxylic acids is 1. The summed E-state index contributed by atoms with van der Waals surface area (Å²) in [5.74, 6) is 0.672. The second-order valence-electron chi connectivity index (χ2n) is 5.64. The van der Waals surface area contributed by atoms with Crippen LogP contribution in [0.15, 0.2) is 48.7 Å². The summed E-state index contributed by atoms with van der Waals surface area (Å²) in [6, 6.07) is 10.1. The Bertz CT molecular complexity index is 961. The number of benzene rings is 1. The van der Waals surface area contributed by atoms with Gasteiger partial charge in [-0.1, -0.05) is 18.2 Å². The third-order valence-corrected chi connectivity index (χ3v) is 5.21. The lowest BCUT2D eigenvalue weighted by Crippen LogP contribution is -2.01. The molecule has 1 aliphatic rings. The van der Waals surface area contributed by atoms with Crippen molar-refractivity contribution >= 4 is 32.9 Å². The lowest BCUT2D eigenvalue weighted by Gasteiger charge is -2.09. The zero-order chi connectivity index (χ0) is 16.5. The first kappa shape index (κ1) is 15.0. The van der Waals surface area contributed by atoms with E-state index in [2.05, 4.69) is 4.98 Å². The van der Waals surface area contributed by atoms with E-state index in [1.807, 2.05) is 12.1 Å². The number of para-hydroxylation sites is 1. The molecule has 0 bridgehead atoms. The highest BCUT2D eigenvalue weighted by Gasteiger charge is 2.16. The van der Waals surface area contributed by atoms with Crippen LogP contribution in [0.1, 0.15) is 24.1 Å². The molecule has 0 spiro atoms. The summed E-state index contributed by atoms with van der Waals surface area (Å²) in [5, 5.41) is 0. The molecule has 0 saturated carbocycles. The zero-order valence-electron chi connectivity index (χ0n) is 12.8. The molecule has 0 amide bonds. The molecule has 5 heteroatoms. The average molecular weight is 339 g/mol. The summed E-state index contributed by atoms with van der Waals surface area (Å²) in [5.41, 5.74) is 2.00. The van der Waals surface area contributed by atoms with Gasteiger partial charge in [0, 0.05) is 30.0 Å². The van der Waals surface area contributed by atoms with E-state index >= 15 is 0 Å². The minimum absolute atomic E-state index is 0.197. The van der Waals surface area contributed by atoms with Gasteiger partial charge in [-0.2, -0.15) is 0 Å². The number of hydrogen-bond acceptors (Lipinski definition) is 4. The smallest absolute Gasteiger partial charge is 0.165 e. The van der Waals surface area contributed by atoms with Crippen molar-refractivity contribution in [1.29, 1.82) is 0 Å². The molecule has 0 atom stereocenters. The first-order valence-corrected chi connectivity index (χ1v) is 8.54. The van der Waals surface area contributed by atoms with Crippen molar-refractivity contribution in [3.8, 4) is 11.5 Å². The molecule has 3 aromatic rings. The van der Waals surface area contributed by atoms with E-state index in [4.69, 9.17) is 4.74 Å². The molecule has 0 fully saturated rings. The number of halogens is 1. The number of carbonyl (C=O) groups is 1. The van der Waals surface area contributed by atoms with Gasteiger partial charge in [-0.25, -0.2) is 4.39 Å². The largest absolute Gasteiger partial charge is 0.453 e. The van der Waals surface area contributed by atoms with E-state index in [9.17, 15) is 9.18 Å². The van der Waals surface area contributed by atoms with Gasteiger partial charge in [-0.05, 0) is 30.2 Å². The molecule has 1 aromatic carbocycles. The van der Waals surface area contributed by atoms with Gasteiger partial charge in [-0.3, -0.25) is 9.78 Å². The SMILES string of the molecule is O=C1CC=C(c2cc3nccc(Oc4ccccc4F)c3s2)CC1. The number of pyridine rings is 1. The monoisotopic (exact) mass is 339 g/mol. The first-order valence-electron chi connectivity index (χ1n) is 7.73. The fourth-order valence-corrected chi connectivity index (χ4v) is 3.87. The molecule has 2 aromatic heterocycles. The fraction of sp³-hybridized carbons (Fsp3) is 0.158. The highest BCUT2D eigenvalue weighted by molar-refractivity contribution is 7.20. The van der Waals surface area contributed by atoms with E-state index in [1.54, 1.807) is 41.8 Å². The van der Waals surface area contributed by atoms with Crippen LogP contribution >= 0.6 is 11.3 Å². The van der Waals surface area contributed by atoms with Crippen LogP contribution in [0.4, 0.5) is 4.39 Å². The Morgan fingerprint density at radius 3 is 2.79 bits per heavy atom. The molecular weight excluding hydrogens is 325 g/mol. The van der Waals surface area contributed by atoms with Gasteiger partial charge in [-0.15, -0.1) is 11.3 Å². The first-order chi connectivity index (χ1) is 11.7. The number of rotatable bonds is 3. The van der Waals surface area contributed by atoms with Crippen LogP contribution in [-0.2, 0) is 4.79 Å². The molecule has 0 aliphatic heterocycles. The number of fused-ring (bicyclic) bond motifs is 1. The van der Waals surface area contributed by atoms with E-state index in [0.29, 0.717) is 18.6 Å². The maximum atomic E-state index is 13.8. The topological polar surface area (TPSA) is 39.2 Å². The number of thiophene rings is 1. The second-order valence-corrected chi connectivity index (χ2v) is 6.69. The van der Waals surface area contributed by atoms with Crippen molar-refractivity contribution < 1.29 is 13.9 Å². The Labute approximate surface area is 142 Å². The van der Waals surface area contributed by atoms with Crippen molar-refractivity contribution in [2.75, 3.05) is 0 Å². The van der Waals surface area contributed by atoms with Crippen LogP contribution in [0.3, 0.4) is 0 Å². The van der Waals surface area contributed by atoms with Crippen molar-refractivity contribution in [2.24, 2.45) is 0 Å². The maximum Gasteiger partial charge on any atom is 0.165 e. The number of Topliss-reactive ketones (excluding diaryl/α,β-unsaturated/α-hetero) is 1. The standard InChI is InChI=1S/C19H14FNO2S/c20-14-3-1-2-4-16(14)23-17-9-10-21-15-11-18(24-19(15)17)12-5-7-13(22)8-6-12/h1-5,9-11H,6-8H2. The number of ether oxygens (including phenoxy) is 1. The lowest BCUT2D eigenvalue weighted by atomic mass is 9.97. The molecule has 1 aliphatic carbocycles. The fourth-order valence-electron chi connectivity index (χ4n) is 2.74. The predicted molar refractivity (Wildman–Crippen MR) is 92.9 cm³/mol. The normalized spacial score (nSPS) is 14.7. The minimum Gasteiger partial charge on any atom is -0.453 e. The Morgan fingerprint density at radius 2 is 2.00 bits per heavy atom. The van der Waals surface area contributed by atoms with E-state index in [-0.39, 0.29) is 11.5 Å². The summed E-state index contributed by atoms with van der Waals surface area (Å²) in [7, 11) is 0. The van der Waals surface area contributed by atoms with Crippen LogP contribution in [0.5, 0.6) is 11.5 Å². The molecule has 3 nitrogen and oxygen atoms in total. The highest BCUT2D eigenvalue weighted by Crippen LogP contribution is 2.39. The number of allylic oxidation sites excluding steroid dienone is 2. The number of nitrogens with zero attached hydrogens (tertiary/aromatic N) is 1. The molecule has 0 unspecified atom stereocenters. The van der Waals surface area contributed by atoms with Gasteiger partial charge in [0.25, 0.3) is 0 Å². The Morgan fingerprint density at radius 1 is 1.12 bits per heavy atom. The molecule has 2 heterocycles. The number of hydrogen-bond donors (Lipinski definition) is 0. The second kappa shape index (κ2) is 6.17. The van der Waals surface area contributed by atoms with Crippen LogP contribution in [-0.4, -0.2) is 10.8 Å². The summed E-state index contributed by atoms with van der Waals surface area (Å²) in [4.78, 5) is 16.9. The molecule has 4 rings (SSSR count). The molecule has 0 radical (unpaired) electrons. The maximum absolute atomic E-state index is 13.8. The number of ketones is 1. The van der Waals surface area contributed by atoms with Crippen LogP contribution < -0.4 is 4.74 Å². The van der Waals surface area contributed by atoms with Gasteiger partial charge in [0.1, 0.15) is 11.5 Å². The summed E-state index contributed by atoms with van der Waals surface area (Å²) in [6.07, 6.45) is 5.50. The Hall–Kier alpha value is -2.53. The van der Waals surface area contributed by atoms with Gasteiger partial charge in [0.2, 0.25) is 0 Å². The molecule has 0 N–H and O–H groups in total. The van der Waals surface area contributed by atoms with Crippen LogP contribution in [0, 0.1) is 5.82 Å². The van der Waals surface area contributed by atoms with Gasteiger partial charge in [0.05, 0.1) is 10.2 Å². The summed E-state index contributed by atoms with van der Waals surface area (Å²) < 4.78 is 20.5. The zero-order valence-corrected chi connectivity index (χ0v) is 13.6. The van der Waals surface area contributed by atoms with E-state index in [1.165, 1.54) is 11.6 Å². The molecule has 24 heavy (non-hydrogen) atoms. The van der Waals surface area contributed by atoms with Gasteiger partial charge in [0.15, 0.2) is 11.6 Å². The lowest BCUT2D eigenvalue weighted by molar-refractivity contribution is -0.118. The minimum atomic E-state index is -0.396. The van der Waals surface area contributed by atoms with Crippen molar-refractivity contribution in [2.45, 2.75) is 19.3 Å². The van der Waals surface area contributed by atoms with Gasteiger partial charge < -0.3 is 4.74 Å². The summed E-state index contributed by atoms with van der Waals surface area (Å²) in [6.45, 7) is 0. The van der Waals surface area contributed by atoms with E-state index in [0.717, 1.165) is 21.5 Å².